The van der Waals surface area contributed by atoms with Crippen LogP contribution in [0.25, 0.3) is 0 Å². The fourth-order valence-corrected chi connectivity index (χ4v) is 3.52. The monoisotopic (exact) mass is 496 g/mol. The summed E-state index contributed by atoms with van der Waals surface area (Å²) >= 11 is 0. The quantitative estimate of drug-likeness (QED) is 0.478. The van der Waals surface area contributed by atoms with Crippen LogP contribution in [0.2, 0.25) is 0 Å². The average Bonchev–Trinajstić information content (AvgIpc) is 2.75. The van der Waals surface area contributed by atoms with Crippen LogP contribution in [0.4, 0.5) is 27.6 Å². The molecule has 35 heavy (non-hydrogen) atoms. The summed E-state index contributed by atoms with van der Waals surface area (Å²) in [7, 11) is 0. The molecule has 0 aliphatic carbocycles. The second-order valence-corrected chi connectivity index (χ2v) is 7.90. The first-order chi connectivity index (χ1) is 16.3. The third-order valence-electron chi connectivity index (χ3n) is 5.19. The Labute approximate surface area is 197 Å². The van der Waals surface area contributed by atoms with Gasteiger partial charge in [-0.25, -0.2) is 18.8 Å². The minimum Gasteiger partial charge on any atom is -0.479 e. The molecular formula is C23H21F5N4O3. The van der Waals surface area contributed by atoms with E-state index >= 15 is 0 Å². The number of alkyl halides is 3. The van der Waals surface area contributed by atoms with E-state index in [0.717, 1.165) is 13.0 Å². The number of nitrogens with zero attached hydrogens (tertiary/aromatic N) is 2. The number of hydrogen-bond acceptors (Lipinski definition) is 6. The average molecular weight is 496 g/mol. The predicted octanol–water partition coefficient (Wildman–Crippen LogP) is 4.20. The van der Waals surface area contributed by atoms with Crippen LogP contribution in [-0.2, 0) is 10.3 Å². The molecule has 2 aromatic rings. The molecule has 3 N–H and O–H groups in total. The van der Waals surface area contributed by atoms with Crippen molar-refractivity contribution < 1.29 is 36.2 Å². The van der Waals surface area contributed by atoms with E-state index in [4.69, 9.17) is 10.5 Å². The minimum absolute atomic E-state index is 0.0260. The molecule has 7 nitrogen and oxygen atoms in total. The SMILES string of the molecule is CC#CCOc1cnc(C(=O)Nc2cc(F)c(F)c([C@@]3(C)C[C@@H](C(F)(F)F)OC(N)=N3)c2)c(C)c1. The third kappa shape index (κ3) is 5.79. The summed E-state index contributed by atoms with van der Waals surface area (Å²) < 4.78 is 78.8. The zero-order valence-corrected chi connectivity index (χ0v) is 18.9. The van der Waals surface area contributed by atoms with Gasteiger partial charge in [-0.15, -0.1) is 5.92 Å². The van der Waals surface area contributed by atoms with Crippen molar-refractivity contribution in [3.05, 3.63) is 52.9 Å². The molecule has 0 fully saturated rings. The first-order valence-electron chi connectivity index (χ1n) is 10.2. The number of amides is 1. The number of pyridine rings is 1. The highest BCUT2D eigenvalue weighted by Gasteiger charge is 2.50. The summed E-state index contributed by atoms with van der Waals surface area (Å²) in [5.74, 6) is 2.18. The van der Waals surface area contributed by atoms with Crippen molar-refractivity contribution in [1.82, 2.24) is 4.98 Å². The fraction of sp³-hybridized carbons (Fsp3) is 0.348. The third-order valence-corrected chi connectivity index (χ3v) is 5.19. The van der Waals surface area contributed by atoms with Gasteiger partial charge in [-0.3, -0.25) is 4.79 Å². The summed E-state index contributed by atoms with van der Waals surface area (Å²) in [6, 6.07) is 2.43. The van der Waals surface area contributed by atoms with E-state index in [0.29, 0.717) is 17.4 Å². The number of anilines is 1. The first kappa shape index (κ1) is 25.7. The number of halogens is 5. The van der Waals surface area contributed by atoms with Crippen molar-refractivity contribution in [2.45, 2.75) is 45.0 Å². The number of amidine groups is 1. The van der Waals surface area contributed by atoms with Crippen molar-refractivity contribution in [2.24, 2.45) is 10.7 Å². The lowest BCUT2D eigenvalue weighted by atomic mass is 9.85. The number of carbonyl (C=O) groups is 1. The van der Waals surface area contributed by atoms with E-state index in [1.807, 2.05) is 0 Å². The topological polar surface area (TPSA) is 98.8 Å². The van der Waals surface area contributed by atoms with Gasteiger partial charge in [0.2, 0.25) is 0 Å². The predicted molar refractivity (Wildman–Crippen MR) is 117 cm³/mol. The van der Waals surface area contributed by atoms with Crippen LogP contribution in [0.15, 0.2) is 29.4 Å². The summed E-state index contributed by atoms with van der Waals surface area (Å²) in [4.78, 5) is 20.6. The number of nitrogens with two attached hydrogens (primary N) is 1. The van der Waals surface area contributed by atoms with E-state index in [1.54, 1.807) is 19.9 Å². The Kier molecular flexibility index (Phi) is 7.19. The lowest BCUT2D eigenvalue weighted by Gasteiger charge is -2.36. The van der Waals surface area contributed by atoms with Gasteiger partial charge in [-0.1, -0.05) is 5.92 Å². The van der Waals surface area contributed by atoms with Gasteiger partial charge in [-0.2, -0.15) is 13.2 Å². The Morgan fingerprint density at radius 1 is 1.34 bits per heavy atom. The van der Waals surface area contributed by atoms with Crippen LogP contribution in [0, 0.1) is 30.4 Å². The van der Waals surface area contributed by atoms with Crippen LogP contribution in [0.3, 0.4) is 0 Å². The zero-order chi connectivity index (χ0) is 26.0. The van der Waals surface area contributed by atoms with Crippen molar-refractivity contribution in [3.8, 4) is 17.6 Å². The Morgan fingerprint density at radius 2 is 2.06 bits per heavy atom. The molecule has 1 amide bonds. The highest BCUT2D eigenvalue weighted by atomic mass is 19.4. The molecule has 186 valence electrons. The summed E-state index contributed by atoms with van der Waals surface area (Å²) in [5.41, 5.74) is 3.14. The van der Waals surface area contributed by atoms with Gasteiger partial charge >= 0.3 is 6.18 Å². The highest BCUT2D eigenvalue weighted by molar-refractivity contribution is 6.03. The number of hydrogen-bond donors (Lipinski definition) is 2. The standard InChI is InChI=1S/C23H21F5N4O3/c1-4-5-6-34-14-7-12(2)19(30-11-14)20(33)31-13-8-15(18(25)16(24)9-13)22(3)10-17(23(26,27)28)35-21(29)32-22/h7-9,11,17H,6,10H2,1-3H3,(H2,29,32)(H,31,33)/t17-,22+/m0/s1. The maximum absolute atomic E-state index is 14.7. The molecule has 1 aromatic carbocycles. The Hall–Kier alpha value is -3.88. The molecule has 2 atom stereocenters. The van der Waals surface area contributed by atoms with Crippen LogP contribution >= 0.6 is 0 Å². The maximum atomic E-state index is 14.7. The summed E-state index contributed by atoms with van der Waals surface area (Å²) in [6.07, 6.45) is -6.74. The van der Waals surface area contributed by atoms with E-state index < -0.39 is 53.4 Å². The maximum Gasteiger partial charge on any atom is 0.425 e. The highest BCUT2D eigenvalue weighted by Crippen LogP contribution is 2.41. The number of ether oxygens (including phenoxy) is 2. The minimum atomic E-state index is -4.81. The zero-order valence-electron chi connectivity index (χ0n) is 18.9. The first-order valence-corrected chi connectivity index (χ1v) is 10.2. The molecule has 0 unspecified atom stereocenters. The molecule has 0 bridgehead atoms. The fourth-order valence-electron chi connectivity index (χ4n) is 3.52. The van der Waals surface area contributed by atoms with Gasteiger partial charge in [0.1, 0.15) is 18.1 Å². The number of aromatic nitrogens is 1. The van der Waals surface area contributed by atoms with E-state index in [2.05, 4.69) is 31.9 Å². The Balaban J connectivity index is 1.90. The summed E-state index contributed by atoms with van der Waals surface area (Å²) in [5, 5.41) is 2.38. The molecule has 1 aliphatic heterocycles. The van der Waals surface area contributed by atoms with Gasteiger partial charge in [0.15, 0.2) is 17.7 Å². The Bertz CT molecular complexity index is 1240. The molecule has 12 heteroatoms. The van der Waals surface area contributed by atoms with Crippen molar-refractivity contribution in [2.75, 3.05) is 11.9 Å². The lowest BCUT2D eigenvalue weighted by molar-refractivity contribution is -0.208. The number of rotatable bonds is 5. The molecule has 0 spiro atoms. The molecule has 1 aliphatic rings. The van der Waals surface area contributed by atoms with Crippen LogP contribution in [0.5, 0.6) is 5.75 Å². The second kappa shape index (κ2) is 9.77. The smallest absolute Gasteiger partial charge is 0.425 e. The van der Waals surface area contributed by atoms with Gasteiger partial charge in [-0.05, 0) is 38.5 Å². The number of carbonyl (C=O) groups excluding carboxylic acids is 1. The molecular weight excluding hydrogens is 475 g/mol. The number of benzene rings is 1. The van der Waals surface area contributed by atoms with Gasteiger partial charge in [0, 0.05) is 23.7 Å². The van der Waals surface area contributed by atoms with Crippen LogP contribution in [0.1, 0.15) is 41.9 Å². The van der Waals surface area contributed by atoms with Crippen molar-refractivity contribution >= 4 is 17.6 Å². The van der Waals surface area contributed by atoms with E-state index in [9.17, 15) is 26.7 Å². The van der Waals surface area contributed by atoms with E-state index in [1.165, 1.54) is 6.20 Å². The molecule has 0 radical (unpaired) electrons. The van der Waals surface area contributed by atoms with Crippen LogP contribution in [-0.4, -0.2) is 35.8 Å². The normalized spacial score (nSPS) is 19.7. The van der Waals surface area contributed by atoms with Crippen molar-refractivity contribution in [3.63, 3.8) is 0 Å². The van der Waals surface area contributed by atoms with Crippen molar-refractivity contribution in [1.29, 1.82) is 0 Å². The second-order valence-electron chi connectivity index (χ2n) is 7.90. The van der Waals surface area contributed by atoms with Gasteiger partial charge in [0.25, 0.3) is 11.9 Å². The Morgan fingerprint density at radius 3 is 2.69 bits per heavy atom. The lowest BCUT2D eigenvalue weighted by Crippen LogP contribution is -2.46. The number of aliphatic imine (C=N–C) groups is 1. The number of aryl methyl sites for hydroxylation is 1. The van der Waals surface area contributed by atoms with Gasteiger partial charge in [0.05, 0.1) is 11.7 Å². The molecule has 0 saturated carbocycles. The van der Waals surface area contributed by atoms with Crippen LogP contribution < -0.4 is 15.8 Å². The van der Waals surface area contributed by atoms with Gasteiger partial charge < -0.3 is 20.5 Å². The molecule has 2 heterocycles. The molecule has 0 saturated heterocycles. The van der Waals surface area contributed by atoms with E-state index in [-0.39, 0.29) is 18.0 Å². The molecule has 1 aromatic heterocycles. The molecule has 3 rings (SSSR count). The number of nitrogens with one attached hydrogen (secondary N) is 1. The largest absolute Gasteiger partial charge is 0.479 e. The summed E-state index contributed by atoms with van der Waals surface area (Å²) in [6.45, 7) is 4.54.